The summed E-state index contributed by atoms with van der Waals surface area (Å²) in [7, 11) is 0. The summed E-state index contributed by atoms with van der Waals surface area (Å²) < 4.78 is 0. The van der Waals surface area contributed by atoms with E-state index < -0.39 is 0 Å². The summed E-state index contributed by atoms with van der Waals surface area (Å²) in [6.07, 6.45) is 1.98. The summed E-state index contributed by atoms with van der Waals surface area (Å²) in [5.41, 5.74) is 3.60. The van der Waals surface area contributed by atoms with Gasteiger partial charge in [0.05, 0.1) is 5.52 Å². The number of hydrogen-bond acceptors (Lipinski definition) is 0. The molecule has 0 aliphatic heterocycles. The number of aromatic amines is 2. The monoisotopic (exact) mass is 206 g/mol. The van der Waals surface area contributed by atoms with Crippen molar-refractivity contribution in [2.75, 3.05) is 0 Å². The zero-order valence-corrected chi connectivity index (χ0v) is 8.62. The number of aromatic nitrogens is 2. The van der Waals surface area contributed by atoms with Crippen LogP contribution in [0.4, 0.5) is 0 Å². The highest BCUT2D eigenvalue weighted by Gasteiger charge is 2.06. The molecule has 0 saturated heterocycles. The smallest absolute Gasteiger partial charge is 0.0560 e. The van der Waals surface area contributed by atoms with Crippen LogP contribution in [-0.4, -0.2) is 9.97 Å². The van der Waals surface area contributed by atoms with Gasteiger partial charge in [0, 0.05) is 33.4 Å². The van der Waals surface area contributed by atoms with Crippen molar-refractivity contribution in [2.45, 2.75) is 0 Å². The van der Waals surface area contributed by atoms with Gasteiger partial charge in [0.2, 0.25) is 0 Å². The molecule has 2 N–H and O–H groups in total. The number of H-pyrrole nitrogens is 2. The average molecular weight is 206 g/mol. The molecule has 0 fully saturated rings. The molecule has 76 valence electrons. The SMILES string of the molecule is c1ccc2c(c1)[nH]c1c3cc[nH]c3ccc21. The highest BCUT2D eigenvalue weighted by atomic mass is 14.7. The van der Waals surface area contributed by atoms with Crippen molar-refractivity contribution in [1.82, 2.24) is 9.97 Å². The Morgan fingerprint density at radius 2 is 1.62 bits per heavy atom. The predicted octanol–water partition coefficient (Wildman–Crippen LogP) is 3.80. The molecule has 0 aliphatic rings. The maximum atomic E-state index is 3.49. The fourth-order valence-corrected chi connectivity index (χ4v) is 2.45. The van der Waals surface area contributed by atoms with Gasteiger partial charge in [-0.3, -0.25) is 0 Å². The first-order chi connectivity index (χ1) is 7.93. The summed E-state index contributed by atoms with van der Waals surface area (Å²) in [4.78, 5) is 6.72. The van der Waals surface area contributed by atoms with Crippen LogP contribution in [0.25, 0.3) is 32.7 Å². The highest BCUT2D eigenvalue weighted by molar-refractivity contribution is 6.16. The Balaban J connectivity index is 2.38. The number of para-hydroxylation sites is 1. The number of nitrogens with one attached hydrogen (secondary N) is 2. The number of rotatable bonds is 0. The normalized spacial score (nSPS) is 11.8. The van der Waals surface area contributed by atoms with Crippen molar-refractivity contribution in [3.05, 3.63) is 48.7 Å². The highest BCUT2D eigenvalue weighted by Crippen LogP contribution is 2.30. The molecule has 0 atom stereocenters. The lowest BCUT2D eigenvalue weighted by Crippen LogP contribution is -1.70. The first kappa shape index (κ1) is 7.99. The third kappa shape index (κ3) is 0.865. The van der Waals surface area contributed by atoms with Crippen LogP contribution in [0, 0.1) is 0 Å². The molecule has 0 aliphatic carbocycles. The minimum absolute atomic E-state index is 1.18. The lowest BCUT2D eigenvalue weighted by atomic mass is 10.1. The van der Waals surface area contributed by atoms with Crippen LogP contribution in [0.2, 0.25) is 0 Å². The van der Waals surface area contributed by atoms with Crippen LogP contribution in [0.1, 0.15) is 0 Å². The Labute approximate surface area is 91.9 Å². The van der Waals surface area contributed by atoms with Gasteiger partial charge in [0.1, 0.15) is 0 Å². The van der Waals surface area contributed by atoms with Gasteiger partial charge in [-0.1, -0.05) is 24.3 Å². The molecule has 2 heteroatoms. The lowest BCUT2D eigenvalue weighted by Gasteiger charge is -1.92. The fourth-order valence-electron chi connectivity index (χ4n) is 2.45. The molecule has 16 heavy (non-hydrogen) atoms. The van der Waals surface area contributed by atoms with E-state index in [9.17, 15) is 0 Å². The van der Waals surface area contributed by atoms with Gasteiger partial charge < -0.3 is 9.97 Å². The fraction of sp³-hybridized carbons (Fsp3) is 0. The Morgan fingerprint density at radius 1 is 0.688 bits per heavy atom. The van der Waals surface area contributed by atoms with Gasteiger partial charge in [-0.2, -0.15) is 0 Å². The number of benzene rings is 2. The molecule has 2 aromatic heterocycles. The molecule has 0 amide bonds. The van der Waals surface area contributed by atoms with Crippen molar-refractivity contribution in [3.8, 4) is 0 Å². The molecule has 2 nitrogen and oxygen atoms in total. The van der Waals surface area contributed by atoms with Crippen LogP contribution in [0.3, 0.4) is 0 Å². The minimum Gasteiger partial charge on any atom is -0.361 e. The van der Waals surface area contributed by atoms with Crippen LogP contribution < -0.4 is 0 Å². The van der Waals surface area contributed by atoms with Crippen molar-refractivity contribution >= 4 is 32.7 Å². The van der Waals surface area contributed by atoms with Crippen LogP contribution in [-0.2, 0) is 0 Å². The minimum atomic E-state index is 1.18. The second-order valence-corrected chi connectivity index (χ2v) is 4.10. The maximum absolute atomic E-state index is 3.49. The predicted molar refractivity (Wildman–Crippen MR) is 67.7 cm³/mol. The Hall–Kier alpha value is -2.22. The Bertz CT molecular complexity index is 805. The Morgan fingerprint density at radius 3 is 2.62 bits per heavy atom. The van der Waals surface area contributed by atoms with E-state index >= 15 is 0 Å². The summed E-state index contributed by atoms with van der Waals surface area (Å²) in [5.74, 6) is 0. The summed E-state index contributed by atoms with van der Waals surface area (Å²) in [6, 6.07) is 14.8. The first-order valence-electron chi connectivity index (χ1n) is 5.40. The zero-order valence-electron chi connectivity index (χ0n) is 8.62. The molecular formula is C14H10N2. The molecule has 2 heterocycles. The van der Waals surface area contributed by atoms with Gasteiger partial charge in [-0.15, -0.1) is 0 Å². The van der Waals surface area contributed by atoms with Crippen molar-refractivity contribution in [3.63, 3.8) is 0 Å². The number of hydrogen-bond donors (Lipinski definition) is 2. The zero-order chi connectivity index (χ0) is 10.5. The van der Waals surface area contributed by atoms with Gasteiger partial charge in [-0.05, 0) is 18.2 Å². The van der Waals surface area contributed by atoms with Gasteiger partial charge in [-0.25, -0.2) is 0 Å². The molecule has 0 spiro atoms. The molecule has 0 bridgehead atoms. The van der Waals surface area contributed by atoms with Crippen LogP contribution >= 0.6 is 0 Å². The molecule has 4 rings (SSSR count). The summed E-state index contributed by atoms with van der Waals surface area (Å²) in [5, 5.41) is 3.84. The average Bonchev–Trinajstić information content (AvgIpc) is 2.92. The molecule has 2 aromatic carbocycles. The van der Waals surface area contributed by atoms with Crippen molar-refractivity contribution < 1.29 is 0 Å². The molecule has 0 radical (unpaired) electrons. The second-order valence-electron chi connectivity index (χ2n) is 4.10. The summed E-state index contributed by atoms with van der Waals surface area (Å²) in [6.45, 7) is 0. The maximum Gasteiger partial charge on any atom is 0.0560 e. The van der Waals surface area contributed by atoms with Gasteiger partial charge in [0.25, 0.3) is 0 Å². The second kappa shape index (κ2) is 2.67. The van der Waals surface area contributed by atoms with E-state index in [1.807, 2.05) is 6.20 Å². The van der Waals surface area contributed by atoms with E-state index in [4.69, 9.17) is 0 Å². The first-order valence-corrected chi connectivity index (χ1v) is 5.40. The van der Waals surface area contributed by atoms with E-state index in [1.54, 1.807) is 0 Å². The Kier molecular flexibility index (Phi) is 1.33. The summed E-state index contributed by atoms with van der Waals surface area (Å²) >= 11 is 0. The van der Waals surface area contributed by atoms with E-state index in [-0.39, 0.29) is 0 Å². The van der Waals surface area contributed by atoms with Crippen molar-refractivity contribution in [2.24, 2.45) is 0 Å². The number of fused-ring (bicyclic) bond motifs is 5. The molecule has 0 saturated carbocycles. The van der Waals surface area contributed by atoms with E-state index in [0.29, 0.717) is 0 Å². The molecule has 0 unspecified atom stereocenters. The molecule has 4 aromatic rings. The van der Waals surface area contributed by atoms with Crippen molar-refractivity contribution in [1.29, 1.82) is 0 Å². The van der Waals surface area contributed by atoms with Gasteiger partial charge >= 0.3 is 0 Å². The van der Waals surface area contributed by atoms with E-state index in [0.717, 1.165) is 0 Å². The van der Waals surface area contributed by atoms with E-state index in [2.05, 4.69) is 52.4 Å². The van der Waals surface area contributed by atoms with E-state index in [1.165, 1.54) is 32.7 Å². The lowest BCUT2D eigenvalue weighted by molar-refractivity contribution is 1.48. The standard InChI is InChI=1S/C14H10N2/c1-2-4-13-9(3-1)10-5-6-12-11(7-8-15-12)14(10)16-13/h1-8,15-16H. The van der Waals surface area contributed by atoms with Crippen LogP contribution in [0.5, 0.6) is 0 Å². The molecular weight excluding hydrogens is 196 g/mol. The van der Waals surface area contributed by atoms with Crippen LogP contribution in [0.15, 0.2) is 48.7 Å². The largest absolute Gasteiger partial charge is 0.361 e. The topological polar surface area (TPSA) is 31.6 Å². The third-order valence-electron chi connectivity index (χ3n) is 3.21. The van der Waals surface area contributed by atoms with Gasteiger partial charge in [0.15, 0.2) is 0 Å². The quantitative estimate of drug-likeness (QED) is 0.438. The third-order valence-corrected chi connectivity index (χ3v) is 3.21.